The van der Waals surface area contributed by atoms with Gasteiger partial charge in [0.1, 0.15) is 5.60 Å². The summed E-state index contributed by atoms with van der Waals surface area (Å²) in [6, 6.07) is 1.82. The van der Waals surface area contributed by atoms with Crippen molar-refractivity contribution < 1.29 is 9.84 Å². The first-order chi connectivity index (χ1) is 7.18. The Morgan fingerprint density at radius 2 is 2.00 bits per heavy atom. The van der Waals surface area contributed by atoms with Crippen molar-refractivity contribution >= 4 is 22.9 Å². The molecular weight excluding hydrogens is 244 g/mol. The number of hydrogen-bond acceptors (Lipinski definition) is 3. The molecule has 1 aromatic rings. The van der Waals surface area contributed by atoms with Crippen molar-refractivity contribution in [3.63, 3.8) is 0 Å². The molecule has 2 rings (SSSR count). The van der Waals surface area contributed by atoms with Crippen LogP contribution in [0.15, 0.2) is 11.4 Å². The Kier molecular flexibility index (Phi) is 2.67. The third-order valence-electron chi connectivity index (χ3n) is 3.20. The number of thiophene rings is 1. The largest absolute Gasteiger partial charge is 0.381 e. The highest BCUT2D eigenvalue weighted by molar-refractivity contribution is 7.10. The van der Waals surface area contributed by atoms with Crippen molar-refractivity contribution in [1.82, 2.24) is 0 Å². The van der Waals surface area contributed by atoms with Gasteiger partial charge in [0.2, 0.25) is 0 Å². The van der Waals surface area contributed by atoms with Crippen LogP contribution in [0.5, 0.6) is 0 Å². The van der Waals surface area contributed by atoms with Crippen LogP contribution in [-0.4, -0.2) is 16.3 Å². The Hall–Kier alpha value is -0.0900. The molecule has 1 saturated heterocycles. The van der Waals surface area contributed by atoms with E-state index in [1.807, 2.05) is 39.1 Å². The Labute approximate surface area is 105 Å². The fourth-order valence-electron chi connectivity index (χ4n) is 2.58. The lowest BCUT2D eigenvalue weighted by Crippen LogP contribution is -2.43. The first-order valence-electron chi connectivity index (χ1n) is 5.34. The van der Waals surface area contributed by atoms with E-state index in [2.05, 4.69) is 0 Å². The van der Waals surface area contributed by atoms with Crippen LogP contribution in [-0.2, 0) is 10.3 Å². The van der Waals surface area contributed by atoms with Crippen LogP contribution in [0, 0.1) is 0 Å². The van der Waals surface area contributed by atoms with E-state index >= 15 is 0 Å². The monoisotopic (exact) mass is 260 g/mol. The number of aliphatic hydroxyl groups is 1. The molecular formula is C12H17ClO2S. The summed E-state index contributed by atoms with van der Waals surface area (Å²) in [5.74, 6) is 0. The number of ether oxygens (including phenoxy) is 1. The lowest BCUT2D eigenvalue weighted by Gasteiger charge is -2.34. The number of hydrogen-bond donors (Lipinski definition) is 1. The van der Waals surface area contributed by atoms with Gasteiger partial charge in [-0.1, -0.05) is 11.6 Å². The maximum atomic E-state index is 10.9. The maximum absolute atomic E-state index is 10.9. The summed E-state index contributed by atoms with van der Waals surface area (Å²) in [4.78, 5) is 0.810. The zero-order chi connectivity index (χ0) is 12.2. The van der Waals surface area contributed by atoms with Crippen molar-refractivity contribution in [3.8, 4) is 0 Å². The third-order valence-corrected chi connectivity index (χ3v) is 4.69. The topological polar surface area (TPSA) is 29.5 Å². The maximum Gasteiger partial charge on any atom is 0.131 e. The van der Waals surface area contributed by atoms with Crippen LogP contribution in [0.25, 0.3) is 0 Å². The van der Waals surface area contributed by atoms with E-state index in [9.17, 15) is 5.11 Å². The molecule has 1 unspecified atom stereocenters. The molecule has 1 aromatic heterocycles. The van der Waals surface area contributed by atoms with E-state index in [1.54, 1.807) is 0 Å². The van der Waals surface area contributed by atoms with E-state index in [1.165, 1.54) is 11.3 Å². The minimum atomic E-state index is -0.998. The third kappa shape index (κ3) is 1.70. The van der Waals surface area contributed by atoms with Crippen molar-refractivity contribution in [2.75, 3.05) is 0 Å². The highest BCUT2D eigenvalue weighted by atomic mass is 35.5. The lowest BCUT2D eigenvalue weighted by atomic mass is 9.81. The number of rotatable bonds is 1. The van der Waals surface area contributed by atoms with E-state index < -0.39 is 11.2 Å². The van der Waals surface area contributed by atoms with Crippen molar-refractivity contribution in [3.05, 3.63) is 21.3 Å². The molecule has 90 valence electrons. The molecule has 0 spiro atoms. The summed E-state index contributed by atoms with van der Waals surface area (Å²) >= 11 is 7.61. The van der Waals surface area contributed by atoms with Crippen LogP contribution in [0.2, 0.25) is 5.02 Å². The Balaban J connectivity index is 2.50. The summed E-state index contributed by atoms with van der Waals surface area (Å²) in [6.45, 7) is 7.82. The van der Waals surface area contributed by atoms with E-state index in [-0.39, 0.29) is 5.60 Å². The van der Waals surface area contributed by atoms with Crippen LogP contribution in [0.3, 0.4) is 0 Å². The van der Waals surface area contributed by atoms with Crippen molar-refractivity contribution in [1.29, 1.82) is 0 Å². The molecule has 1 aliphatic heterocycles. The quantitative estimate of drug-likeness (QED) is 0.837. The lowest BCUT2D eigenvalue weighted by molar-refractivity contribution is -0.128. The first-order valence-corrected chi connectivity index (χ1v) is 6.60. The zero-order valence-electron chi connectivity index (χ0n) is 10.0. The second-order valence-corrected chi connectivity index (χ2v) is 6.83. The molecule has 1 N–H and O–H groups in total. The molecule has 0 saturated carbocycles. The molecule has 4 heteroatoms. The highest BCUT2D eigenvalue weighted by Gasteiger charge is 2.58. The van der Waals surface area contributed by atoms with E-state index in [4.69, 9.17) is 16.3 Å². The van der Waals surface area contributed by atoms with Crippen LogP contribution in [0.1, 0.15) is 39.0 Å². The standard InChI is InChI=1S/C12H17ClO2S/c1-10(2)7-12(14,11(3,4)15-10)9-8(13)5-6-16-9/h5-6,14H,7H2,1-4H3. The van der Waals surface area contributed by atoms with Crippen LogP contribution in [0.4, 0.5) is 0 Å². The summed E-state index contributed by atoms with van der Waals surface area (Å²) in [5, 5.41) is 13.4. The fourth-order valence-corrected chi connectivity index (χ4v) is 4.04. The van der Waals surface area contributed by atoms with E-state index in [0.717, 1.165) is 4.88 Å². The molecule has 1 atom stereocenters. The predicted molar refractivity (Wildman–Crippen MR) is 67.1 cm³/mol. The van der Waals surface area contributed by atoms with Crippen molar-refractivity contribution in [2.24, 2.45) is 0 Å². The molecule has 2 nitrogen and oxygen atoms in total. The van der Waals surface area contributed by atoms with Gasteiger partial charge in [-0.05, 0) is 39.1 Å². The van der Waals surface area contributed by atoms with Crippen LogP contribution >= 0.6 is 22.9 Å². The molecule has 16 heavy (non-hydrogen) atoms. The highest BCUT2D eigenvalue weighted by Crippen LogP contribution is 2.53. The molecule has 1 aliphatic rings. The molecule has 2 heterocycles. The van der Waals surface area contributed by atoms with Gasteiger partial charge in [0, 0.05) is 6.42 Å². The molecule has 0 bridgehead atoms. The molecule has 0 aliphatic carbocycles. The van der Waals surface area contributed by atoms with Gasteiger partial charge in [0.15, 0.2) is 0 Å². The fraction of sp³-hybridized carbons (Fsp3) is 0.667. The second-order valence-electron chi connectivity index (χ2n) is 5.51. The Morgan fingerprint density at radius 1 is 1.38 bits per heavy atom. The normalized spacial score (nSPS) is 31.9. The minimum Gasteiger partial charge on any atom is -0.381 e. The molecule has 0 radical (unpaired) electrons. The molecule has 0 amide bonds. The van der Waals surface area contributed by atoms with Gasteiger partial charge in [-0.25, -0.2) is 0 Å². The van der Waals surface area contributed by atoms with Crippen LogP contribution < -0.4 is 0 Å². The van der Waals surface area contributed by atoms with Gasteiger partial charge in [0.05, 0.1) is 21.1 Å². The van der Waals surface area contributed by atoms with Gasteiger partial charge in [-0.15, -0.1) is 11.3 Å². The van der Waals surface area contributed by atoms with Gasteiger partial charge in [0.25, 0.3) is 0 Å². The Morgan fingerprint density at radius 3 is 2.38 bits per heavy atom. The zero-order valence-corrected chi connectivity index (χ0v) is 11.6. The van der Waals surface area contributed by atoms with Gasteiger partial charge < -0.3 is 9.84 Å². The van der Waals surface area contributed by atoms with Crippen molar-refractivity contribution in [2.45, 2.75) is 50.9 Å². The van der Waals surface area contributed by atoms with Gasteiger partial charge in [-0.2, -0.15) is 0 Å². The summed E-state index contributed by atoms with van der Waals surface area (Å²) in [7, 11) is 0. The first kappa shape index (κ1) is 12.4. The summed E-state index contributed by atoms with van der Waals surface area (Å²) in [5.41, 5.74) is -1.95. The average Bonchev–Trinajstić information content (AvgIpc) is 2.53. The van der Waals surface area contributed by atoms with E-state index in [0.29, 0.717) is 11.4 Å². The minimum absolute atomic E-state index is 0.328. The number of halogens is 1. The van der Waals surface area contributed by atoms with Gasteiger partial charge >= 0.3 is 0 Å². The average molecular weight is 261 g/mol. The summed E-state index contributed by atoms with van der Waals surface area (Å²) < 4.78 is 5.93. The second kappa shape index (κ2) is 3.45. The molecule has 0 aromatic carbocycles. The summed E-state index contributed by atoms with van der Waals surface area (Å²) in [6.07, 6.45) is 0.563. The molecule has 1 fully saturated rings. The smallest absolute Gasteiger partial charge is 0.131 e. The van der Waals surface area contributed by atoms with Gasteiger partial charge in [-0.3, -0.25) is 0 Å². The predicted octanol–water partition coefficient (Wildman–Crippen LogP) is 3.57. The SMILES string of the molecule is CC1(C)CC(O)(c2sccc2Cl)C(C)(C)O1. The Bertz CT molecular complexity index is 411.